The van der Waals surface area contributed by atoms with Crippen LogP contribution in [0.25, 0.3) is 0 Å². The number of rotatable bonds is 6. The molecule has 3 nitrogen and oxygen atoms in total. The summed E-state index contributed by atoms with van der Waals surface area (Å²) in [6.45, 7) is 5.01. The van der Waals surface area contributed by atoms with Gasteiger partial charge in [0.15, 0.2) is 0 Å². The summed E-state index contributed by atoms with van der Waals surface area (Å²) in [6, 6.07) is 0.511. The largest absolute Gasteiger partial charge is 0.317 e. The van der Waals surface area contributed by atoms with Gasteiger partial charge in [-0.2, -0.15) is 5.10 Å². The van der Waals surface area contributed by atoms with E-state index >= 15 is 0 Å². The topological polar surface area (TPSA) is 29.9 Å². The second kappa shape index (κ2) is 7.46. The van der Waals surface area contributed by atoms with E-state index in [0.29, 0.717) is 6.04 Å². The number of aryl methyl sites for hydroxylation is 2. The zero-order chi connectivity index (χ0) is 14.5. The van der Waals surface area contributed by atoms with Gasteiger partial charge in [-0.1, -0.05) is 43.7 Å². The molecule has 0 bridgehead atoms. The minimum Gasteiger partial charge on any atom is -0.317 e. The molecular formula is C16H28ClN3. The van der Waals surface area contributed by atoms with Crippen LogP contribution in [-0.4, -0.2) is 22.9 Å². The van der Waals surface area contributed by atoms with E-state index < -0.39 is 0 Å². The standard InChI is InChI=1S/C16H28ClN3/c1-4-20-15(16(17)12(2)19-20)11-14(18-3)10-13-8-6-5-7-9-13/h13-14,18H,4-11H2,1-3H3. The number of nitrogens with one attached hydrogen (secondary N) is 1. The number of hydrogen-bond acceptors (Lipinski definition) is 2. The van der Waals surface area contributed by atoms with Gasteiger partial charge >= 0.3 is 0 Å². The Balaban J connectivity index is 2.02. The highest BCUT2D eigenvalue weighted by Crippen LogP contribution is 2.29. The van der Waals surface area contributed by atoms with Gasteiger partial charge in [0.25, 0.3) is 0 Å². The van der Waals surface area contributed by atoms with Crippen molar-refractivity contribution in [3.05, 3.63) is 16.4 Å². The van der Waals surface area contributed by atoms with E-state index in [0.717, 1.165) is 29.6 Å². The van der Waals surface area contributed by atoms with E-state index in [-0.39, 0.29) is 0 Å². The first-order valence-electron chi connectivity index (χ1n) is 8.04. The van der Waals surface area contributed by atoms with Crippen molar-refractivity contribution in [2.45, 2.75) is 71.4 Å². The van der Waals surface area contributed by atoms with Gasteiger partial charge in [0.05, 0.1) is 16.4 Å². The quantitative estimate of drug-likeness (QED) is 0.861. The van der Waals surface area contributed by atoms with Crippen molar-refractivity contribution in [2.24, 2.45) is 5.92 Å². The Kier molecular flexibility index (Phi) is 5.91. The second-order valence-corrected chi connectivity index (χ2v) is 6.47. The van der Waals surface area contributed by atoms with Crippen LogP contribution in [0.4, 0.5) is 0 Å². The predicted octanol–water partition coefficient (Wildman–Crippen LogP) is 3.97. The van der Waals surface area contributed by atoms with Gasteiger partial charge in [-0.25, -0.2) is 0 Å². The lowest BCUT2D eigenvalue weighted by molar-refractivity contribution is 0.301. The third-order valence-electron chi connectivity index (χ3n) is 4.64. The molecule has 1 aliphatic rings. The average Bonchev–Trinajstić information content (AvgIpc) is 2.75. The number of halogens is 1. The fourth-order valence-corrected chi connectivity index (χ4v) is 3.64. The van der Waals surface area contributed by atoms with Crippen molar-refractivity contribution < 1.29 is 0 Å². The van der Waals surface area contributed by atoms with E-state index in [1.165, 1.54) is 44.2 Å². The lowest BCUT2D eigenvalue weighted by Gasteiger charge is -2.26. The zero-order valence-electron chi connectivity index (χ0n) is 13.1. The van der Waals surface area contributed by atoms with Gasteiger partial charge in [-0.05, 0) is 33.2 Å². The summed E-state index contributed by atoms with van der Waals surface area (Å²) in [5.74, 6) is 0.888. The Bertz CT molecular complexity index is 422. The molecule has 1 aliphatic carbocycles. The molecule has 4 heteroatoms. The lowest BCUT2D eigenvalue weighted by atomic mass is 9.84. The smallest absolute Gasteiger partial charge is 0.0847 e. The summed E-state index contributed by atoms with van der Waals surface area (Å²) in [4.78, 5) is 0. The van der Waals surface area contributed by atoms with Crippen molar-refractivity contribution in [1.29, 1.82) is 0 Å². The minimum atomic E-state index is 0.511. The first-order valence-corrected chi connectivity index (χ1v) is 8.42. The summed E-state index contributed by atoms with van der Waals surface area (Å²) in [6.07, 6.45) is 9.30. The summed E-state index contributed by atoms with van der Waals surface area (Å²) in [5.41, 5.74) is 2.15. The Morgan fingerprint density at radius 2 is 2.05 bits per heavy atom. The summed E-state index contributed by atoms with van der Waals surface area (Å²) >= 11 is 6.43. The molecule has 2 rings (SSSR count). The van der Waals surface area contributed by atoms with Crippen molar-refractivity contribution in [2.75, 3.05) is 7.05 Å². The van der Waals surface area contributed by atoms with Crippen LogP contribution in [-0.2, 0) is 13.0 Å². The van der Waals surface area contributed by atoms with E-state index in [2.05, 4.69) is 29.1 Å². The van der Waals surface area contributed by atoms with E-state index in [9.17, 15) is 0 Å². The third kappa shape index (κ3) is 3.76. The Morgan fingerprint density at radius 1 is 1.35 bits per heavy atom. The molecule has 0 spiro atoms. The van der Waals surface area contributed by atoms with E-state index in [4.69, 9.17) is 11.6 Å². The van der Waals surface area contributed by atoms with Crippen LogP contribution in [0.1, 0.15) is 56.8 Å². The predicted molar refractivity (Wildman–Crippen MR) is 85.4 cm³/mol. The molecule has 1 saturated carbocycles. The van der Waals surface area contributed by atoms with Crippen LogP contribution in [0, 0.1) is 12.8 Å². The first-order chi connectivity index (χ1) is 9.65. The van der Waals surface area contributed by atoms with E-state index in [1.54, 1.807) is 0 Å². The first kappa shape index (κ1) is 15.8. The molecule has 1 heterocycles. The fourth-order valence-electron chi connectivity index (χ4n) is 3.43. The van der Waals surface area contributed by atoms with Crippen LogP contribution in [0.2, 0.25) is 5.02 Å². The number of likely N-dealkylation sites (N-methyl/N-ethyl adjacent to an activating group) is 1. The SMILES string of the molecule is CCn1nc(C)c(Cl)c1CC(CC1CCCCC1)NC. The highest BCUT2D eigenvalue weighted by Gasteiger charge is 2.21. The maximum absolute atomic E-state index is 6.43. The van der Waals surface area contributed by atoms with Crippen LogP contribution >= 0.6 is 11.6 Å². The summed E-state index contributed by atoms with van der Waals surface area (Å²) < 4.78 is 2.06. The number of nitrogens with zero attached hydrogens (tertiary/aromatic N) is 2. The summed E-state index contributed by atoms with van der Waals surface area (Å²) in [5, 5.41) is 8.86. The van der Waals surface area contributed by atoms with Gasteiger partial charge in [0.2, 0.25) is 0 Å². The maximum atomic E-state index is 6.43. The molecule has 20 heavy (non-hydrogen) atoms. The Labute approximate surface area is 128 Å². The van der Waals surface area contributed by atoms with Crippen molar-refractivity contribution in [3.63, 3.8) is 0 Å². The van der Waals surface area contributed by atoms with Gasteiger partial charge in [0, 0.05) is 19.0 Å². The molecular weight excluding hydrogens is 270 g/mol. The highest BCUT2D eigenvalue weighted by molar-refractivity contribution is 6.31. The lowest BCUT2D eigenvalue weighted by Crippen LogP contribution is -2.31. The van der Waals surface area contributed by atoms with Gasteiger partial charge in [-0.15, -0.1) is 0 Å². The number of aromatic nitrogens is 2. The van der Waals surface area contributed by atoms with Crippen LogP contribution in [0.3, 0.4) is 0 Å². The fraction of sp³-hybridized carbons (Fsp3) is 0.812. The van der Waals surface area contributed by atoms with Gasteiger partial charge in [-0.3, -0.25) is 4.68 Å². The molecule has 0 radical (unpaired) electrons. The molecule has 0 amide bonds. The highest BCUT2D eigenvalue weighted by atomic mass is 35.5. The molecule has 1 fully saturated rings. The van der Waals surface area contributed by atoms with Gasteiger partial charge in [0.1, 0.15) is 0 Å². The maximum Gasteiger partial charge on any atom is 0.0847 e. The van der Waals surface area contributed by atoms with Crippen LogP contribution in [0.15, 0.2) is 0 Å². The van der Waals surface area contributed by atoms with E-state index in [1.807, 2.05) is 6.92 Å². The minimum absolute atomic E-state index is 0.511. The average molecular weight is 298 g/mol. The normalized spacial score (nSPS) is 18.4. The molecule has 1 aromatic rings. The molecule has 1 atom stereocenters. The van der Waals surface area contributed by atoms with Crippen molar-refractivity contribution in [1.82, 2.24) is 15.1 Å². The zero-order valence-corrected chi connectivity index (χ0v) is 13.8. The number of hydrogen-bond donors (Lipinski definition) is 1. The van der Waals surface area contributed by atoms with Crippen molar-refractivity contribution >= 4 is 11.6 Å². The van der Waals surface area contributed by atoms with Crippen molar-refractivity contribution in [3.8, 4) is 0 Å². The molecule has 1 aromatic heterocycles. The summed E-state index contributed by atoms with van der Waals surface area (Å²) in [7, 11) is 2.07. The monoisotopic (exact) mass is 297 g/mol. The molecule has 0 saturated heterocycles. The second-order valence-electron chi connectivity index (χ2n) is 6.09. The third-order valence-corrected chi connectivity index (χ3v) is 5.14. The molecule has 1 N–H and O–H groups in total. The molecule has 0 aliphatic heterocycles. The molecule has 1 unspecified atom stereocenters. The van der Waals surface area contributed by atoms with Crippen LogP contribution in [0.5, 0.6) is 0 Å². The van der Waals surface area contributed by atoms with Crippen LogP contribution < -0.4 is 5.32 Å². The Hall–Kier alpha value is -0.540. The Morgan fingerprint density at radius 3 is 2.65 bits per heavy atom. The van der Waals surface area contributed by atoms with Gasteiger partial charge < -0.3 is 5.32 Å². The molecule has 0 aromatic carbocycles. The molecule has 114 valence electrons.